The molecule has 1 aliphatic rings. The number of nitrogens with zero attached hydrogens (tertiary/aromatic N) is 2. The van der Waals surface area contributed by atoms with Crippen LogP contribution in [0.5, 0.6) is 5.75 Å². The molecular weight excluding hydrogens is 304 g/mol. The number of thiazole rings is 1. The first kappa shape index (κ1) is 14.7. The van der Waals surface area contributed by atoms with Crippen molar-refractivity contribution in [2.75, 3.05) is 20.2 Å². The van der Waals surface area contributed by atoms with Gasteiger partial charge in [0.05, 0.1) is 22.8 Å². The van der Waals surface area contributed by atoms with E-state index in [1.807, 2.05) is 5.51 Å². The molecule has 23 heavy (non-hydrogen) atoms. The predicted molar refractivity (Wildman–Crippen MR) is 95.3 cm³/mol. The summed E-state index contributed by atoms with van der Waals surface area (Å²) in [6.07, 6.45) is 2.20. The molecule has 0 atom stereocenters. The van der Waals surface area contributed by atoms with Crippen LogP contribution in [-0.4, -0.2) is 30.1 Å². The molecule has 0 amide bonds. The van der Waals surface area contributed by atoms with Gasteiger partial charge in [0.15, 0.2) is 0 Å². The summed E-state index contributed by atoms with van der Waals surface area (Å²) in [6.45, 7) is 3.20. The van der Waals surface area contributed by atoms with Gasteiger partial charge in [0, 0.05) is 19.6 Å². The second-order valence-electron chi connectivity index (χ2n) is 6.07. The van der Waals surface area contributed by atoms with Crippen LogP contribution in [0.15, 0.2) is 41.9 Å². The third-order valence-electron chi connectivity index (χ3n) is 4.61. The Bertz CT molecular complexity index is 827. The van der Waals surface area contributed by atoms with E-state index >= 15 is 0 Å². The van der Waals surface area contributed by atoms with Crippen LogP contribution in [0.25, 0.3) is 10.2 Å². The molecule has 0 saturated heterocycles. The molecule has 0 saturated carbocycles. The van der Waals surface area contributed by atoms with Gasteiger partial charge in [-0.2, -0.15) is 0 Å². The molecule has 3 aromatic rings. The lowest BCUT2D eigenvalue weighted by Crippen LogP contribution is -2.25. The lowest BCUT2D eigenvalue weighted by molar-refractivity contribution is 0.279. The van der Waals surface area contributed by atoms with Gasteiger partial charge < -0.3 is 4.74 Å². The summed E-state index contributed by atoms with van der Waals surface area (Å²) in [6, 6.07) is 13.2. The van der Waals surface area contributed by atoms with Gasteiger partial charge in [0.1, 0.15) is 5.75 Å². The maximum Gasteiger partial charge on any atom is 0.119 e. The Labute approximate surface area is 140 Å². The zero-order valence-corrected chi connectivity index (χ0v) is 14.1. The van der Waals surface area contributed by atoms with E-state index in [-0.39, 0.29) is 0 Å². The molecule has 4 rings (SSSR count). The van der Waals surface area contributed by atoms with E-state index < -0.39 is 0 Å². The Morgan fingerprint density at radius 2 is 1.96 bits per heavy atom. The van der Waals surface area contributed by atoms with Crippen LogP contribution < -0.4 is 4.74 Å². The standard InChI is InChI=1S/C19H20N2OS/c1-22-17-4-3-15-6-8-21(9-7-16(15)11-17)12-14-2-5-19-18(10-14)20-13-23-19/h2-5,10-11,13H,6-9,12H2,1H3. The molecule has 3 nitrogen and oxygen atoms in total. The first-order valence-electron chi connectivity index (χ1n) is 8.02. The van der Waals surface area contributed by atoms with Crippen molar-refractivity contribution in [2.24, 2.45) is 0 Å². The van der Waals surface area contributed by atoms with Crippen LogP contribution in [0.4, 0.5) is 0 Å². The van der Waals surface area contributed by atoms with Crippen molar-refractivity contribution in [1.82, 2.24) is 9.88 Å². The van der Waals surface area contributed by atoms with E-state index in [0.29, 0.717) is 0 Å². The second-order valence-corrected chi connectivity index (χ2v) is 6.95. The van der Waals surface area contributed by atoms with Crippen molar-refractivity contribution in [3.8, 4) is 5.75 Å². The first-order chi connectivity index (χ1) is 11.3. The van der Waals surface area contributed by atoms with Crippen LogP contribution in [0.2, 0.25) is 0 Å². The summed E-state index contributed by atoms with van der Waals surface area (Å²) in [4.78, 5) is 6.97. The van der Waals surface area contributed by atoms with Crippen LogP contribution in [0.1, 0.15) is 16.7 Å². The van der Waals surface area contributed by atoms with E-state index in [4.69, 9.17) is 4.74 Å². The average molecular weight is 324 g/mol. The molecule has 1 aliphatic heterocycles. The number of benzene rings is 2. The van der Waals surface area contributed by atoms with Crippen molar-refractivity contribution in [3.05, 3.63) is 58.6 Å². The Morgan fingerprint density at radius 1 is 1.09 bits per heavy atom. The lowest BCUT2D eigenvalue weighted by Gasteiger charge is -2.19. The Morgan fingerprint density at radius 3 is 2.83 bits per heavy atom. The number of fused-ring (bicyclic) bond motifs is 2. The van der Waals surface area contributed by atoms with Gasteiger partial charge in [0.2, 0.25) is 0 Å². The molecule has 4 heteroatoms. The third-order valence-corrected chi connectivity index (χ3v) is 5.42. The summed E-state index contributed by atoms with van der Waals surface area (Å²) in [7, 11) is 1.74. The van der Waals surface area contributed by atoms with Gasteiger partial charge >= 0.3 is 0 Å². The smallest absolute Gasteiger partial charge is 0.119 e. The Hall–Kier alpha value is -1.91. The van der Waals surface area contributed by atoms with Gasteiger partial charge in [-0.1, -0.05) is 12.1 Å². The lowest BCUT2D eigenvalue weighted by atomic mass is 10.0. The van der Waals surface area contributed by atoms with Gasteiger partial charge in [0.25, 0.3) is 0 Å². The molecular formula is C19H20N2OS. The normalized spacial score (nSPS) is 15.3. The summed E-state index contributed by atoms with van der Waals surface area (Å²) in [5, 5.41) is 0. The van der Waals surface area contributed by atoms with E-state index in [9.17, 15) is 0 Å². The monoisotopic (exact) mass is 324 g/mol. The van der Waals surface area contributed by atoms with E-state index in [0.717, 1.165) is 43.7 Å². The maximum absolute atomic E-state index is 5.36. The molecule has 2 aromatic carbocycles. The molecule has 1 aromatic heterocycles. The molecule has 0 bridgehead atoms. The minimum absolute atomic E-state index is 0.964. The van der Waals surface area contributed by atoms with Gasteiger partial charge in [-0.15, -0.1) is 11.3 Å². The molecule has 0 radical (unpaired) electrons. The molecule has 118 valence electrons. The van der Waals surface area contributed by atoms with Crippen molar-refractivity contribution < 1.29 is 4.74 Å². The van der Waals surface area contributed by atoms with E-state index in [2.05, 4.69) is 46.3 Å². The fourth-order valence-corrected chi connectivity index (χ4v) is 3.95. The van der Waals surface area contributed by atoms with Crippen LogP contribution >= 0.6 is 11.3 Å². The molecule has 0 spiro atoms. The quantitative estimate of drug-likeness (QED) is 0.730. The predicted octanol–water partition coefficient (Wildman–Crippen LogP) is 3.91. The summed E-state index contributed by atoms with van der Waals surface area (Å²) >= 11 is 1.70. The zero-order valence-electron chi connectivity index (χ0n) is 13.3. The first-order valence-corrected chi connectivity index (χ1v) is 8.90. The summed E-state index contributed by atoms with van der Waals surface area (Å²) in [5.74, 6) is 0.964. The van der Waals surface area contributed by atoms with Crippen molar-refractivity contribution in [2.45, 2.75) is 19.4 Å². The SMILES string of the molecule is COc1ccc2c(c1)CCN(Cc1ccc3scnc3c1)CC2. The highest BCUT2D eigenvalue weighted by molar-refractivity contribution is 7.16. The Kier molecular flexibility index (Phi) is 4.02. The topological polar surface area (TPSA) is 25.4 Å². The van der Waals surface area contributed by atoms with E-state index in [1.54, 1.807) is 18.4 Å². The average Bonchev–Trinajstić information content (AvgIpc) is 2.96. The highest BCUT2D eigenvalue weighted by Crippen LogP contribution is 2.23. The highest BCUT2D eigenvalue weighted by Gasteiger charge is 2.15. The number of rotatable bonds is 3. The van der Waals surface area contributed by atoms with E-state index in [1.165, 1.54) is 21.4 Å². The number of aromatic nitrogens is 1. The van der Waals surface area contributed by atoms with Crippen molar-refractivity contribution in [1.29, 1.82) is 0 Å². The summed E-state index contributed by atoms with van der Waals surface area (Å²) < 4.78 is 6.62. The highest BCUT2D eigenvalue weighted by atomic mass is 32.1. The molecule has 2 heterocycles. The Balaban J connectivity index is 1.49. The summed E-state index contributed by atoms with van der Waals surface area (Å²) in [5.41, 5.74) is 7.29. The van der Waals surface area contributed by atoms with Gasteiger partial charge in [-0.3, -0.25) is 4.90 Å². The molecule has 0 aliphatic carbocycles. The molecule has 0 N–H and O–H groups in total. The number of hydrogen-bond donors (Lipinski definition) is 0. The van der Waals surface area contributed by atoms with Gasteiger partial charge in [-0.25, -0.2) is 4.98 Å². The van der Waals surface area contributed by atoms with Gasteiger partial charge in [-0.05, 0) is 53.8 Å². The van der Waals surface area contributed by atoms with Crippen molar-refractivity contribution in [3.63, 3.8) is 0 Å². The zero-order chi connectivity index (χ0) is 15.6. The third kappa shape index (κ3) is 3.09. The minimum atomic E-state index is 0.964. The van der Waals surface area contributed by atoms with Crippen LogP contribution in [0, 0.1) is 0 Å². The number of hydrogen-bond acceptors (Lipinski definition) is 4. The largest absolute Gasteiger partial charge is 0.497 e. The fourth-order valence-electron chi connectivity index (χ4n) is 3.29. The second kappa shape index (κ2) is 6.30. The number of ether oxygens (including phenoxy) is 1. The maximum atomic E-state index is 5.36. The molecule has 0 fully saturated rings. The van der Waals surface area contributed by atoms with Crippen LogP contribution in [-0.2, 0) is 19.4 Å². The molecule has 0 unspecified atom stereocenters. The minimum Gasteiger partial charge on any atom is -0.497 e. The fraction of sp³-hybridized carbons (Fsp3) is 0.316. The number of methoxy groups -OCH3 is 1. The van der Waals surface area contributed by atoms with Crippen LogP contribution in [0.3, 0.4) is 0 Å². The van der Waals surface area contributed by atoms with Crippen molar-refractivity contribution >= 4 is 21.6 Å².